The summed E-state index contributed by atoms with van der Waals surface area (Å²) in [6.07, 6.45) is 5.76. The van der Waals surface area contributed by atoms with Crippen molar-refractivity contribution in [2.45, 2.75) is 89.9 Å². The van der Waals surface area contributed by atoms with Crippen LogP contribution in [0.4, 0.5) is 0 Å². The number of hydrogen-bond acceptors (Lipinski definition) is 5. The normalized spacial score (nSPS) is 20.5. The van der Waals surface area contributed by atoms with Crippen molar-refractivity contribution < 1.29 is 24.2 Å². The lowest BCUT2D eigenvalue weighted by molar-refractivity contribution is -0.126. The largest absolute Gasteiger partial charge is 0.509 e. The monoisotopic (exact) mass is 446 g/mol. The number of carbonyl (C=O) groups excluding carboxylic acids is 2. The lowest BCUT2D eigenvalue weighted by atomic mass is 9.85. The van der Waals surface area contributed by atoms with Crippen molar-refractivity contribution in [2.24, 2.45) is 23.5 Å². The van der Waals surface area contributed by atoms with Crippen LogP contribution in [0.15, 0.2) is 0 Å². The van der Waals surface area contributed by atoms with E-state index in [1.807, 2.05) is 20.8 Å². The molecule has 0 heterocycles. The van der Waals surface area contributed by atoms with Gasteiger partial charge in [0.1, 0.15) is 0 Å². The highest BCUT2D eigenvalue weighted by molar-refractivity contribution is 7.38. The Labute approximate surface area is 181 Å². The first-order valence-corrected chi connectivity index (χ1v) is 12.6. The van der Waals surface area contributed by atoms with Gasteiger partial charge < -0.3 is 21.5 Å². The number of nitrogens with two attached hydrogens (primary N) is 1. The molecular weight excluding hydrogens is 405 g/mol. The molecule has 1 aliphatic carbocycles. The zero-order chi connectivity index (χ0) is 22.7. The van der Waals surface area contributed by atoms with E-state index in [1.54, 1.807) is 0 Å². The van der Waals surface area contributed by atoms with Crippen molar-refractivity contribution >= 4 is 19.8 Å². The SMILES string of the molecule is CCC(C)C(N)C(=O)NC[C@H](CC)C(=O)NC[C@H](O)CC(C1CCCCC1)[P+](=O)O. The lowest BCUT2D eigenvalue weighted by Gasteiger charge is -2.24. The highest BCUT2D eigenvalue weighted by atomic mass is 31.1. The number of rotatable bonds is 13. The van der Waals surface area contributed by atoms with Crippen molar-refractivity contribution in [3.63, 3.8) is 0 Å². The van der Waals surface area contributed by atoms with E-state index in [2.05, 4.69) is 10.6 Å². The van der Waals surface area contributed by atoms with Gasteiger partial charge in [0.05, 0.1) is 18.1 Å². The third-order valence-electron chi connectivity index (χ3n) is 6.45. The van der Waals surface area contributed by atoms with Gasteiger partial charge in [-0.2, -0.15) is 4.89 Å². The third-order valence-corrected chi connectivity index (χ3v) is 7.65. The van der Waals surface area contributed by atoms with Gasteiger partial charge >= 0.3 is 8.03 Å². The van der Waals surface area contributed by atoms with Crippen molar-refractivity contribution in [3.05, 3.63) is 0 Å². The first kappa shape index (κ1) is 27.0. The van der Waals surface area contributed by atoms with Gasteiger partial charge in [-0.3, -0.25) is 9.59 Å². The fraction of sp³-hybridized carbons (Fsp3) is 0.905. The van der Waals surface area contributed by atoms with Gasteiger partial charge in [0.15, 0.2) is 5.66 Å². The molecule has 0 aromatic carbocycles. The number of aliphatic hydroxyl groups excluding tert-OH is 1. The Balaban J connectivity index is 2.47. The van der Waals surface area contributed by atoms with Gasteiger partial charge in [0, 0.05) is 25.4 Å². The van der Waals surface area contributed by atoms with Gasteiger partial charge in [-0.15, -0.1) is 0 Å². The molecule has 6 atom stereocenters. The molecule has 0 aromatic heterocycles. The van der Waals surface area contributed by atoms with E-state index in [-0.39, 0.29) is 43.2 Å². The summed E-state index contributed by atoms with van der Waals surface area (Å²) in [5, 5.41) is 15.8. The van der Waals surface area contributed by atoms with Crippen LogP contribution in [0.3, 0.4) is 0 Å². The maximum Gasteiger partial charge on any atom is 0.509 e. The van der Waals surface area contributed by atoms with Gasteiger partial charge in [-0.05, 0) is 29.7 Å². The molecule has 1 rings (SSSR count). The van der Waals surface area contributed by atoms with Crippen LogP contribution in [0, 0.1) is 17.8 Å². The molecule has 2 amide bonds. The predicted molar refractivity (Wildman–Crippen MR) is 118 cm³/mol. The minimum atomic E-state index is -2.37. The molecule has 30 heavy (non-hydrogen) atoms. The smallest absolute Gasteiger partial charge is 0.391 e. The molecule has 0 spiro atoms. The van der Waals surface area contributed by atoms with E-state index < -0.39 is 31.8 Å². The Morgan fingerprint density at radius 2 is 1.67 bits per heavy atom. The molecule has 0 saturated heterocycles. The van der Waals surface area contributed by atoms with Crippen LogP contribution in [0.25, 0.3) is 0 Å². The summed E-state index contributed by atoms with van der Waals surface area (Å²) in [6, 6.07) is -0.602. The van der Waals surface area contributed by atoms with Gasteiger partial charge in [-0.1, -0.05) is 46.5 Å². The Hall–Kier alpha value is -1.08. The van der Waals surface area contributed by atoms with Crippen LogP contribution in [0.5, 0.6) is 0 Å². The van der Waals surface area contributed by atoms with Crippen molar-refractivity contribution in [2.75, 3.05) is 13.1 Å². The van der Waals surface area contributed by atoms with Crippen LogP contribution in [-0.2, 0) is 14.2 Å². The van der Waals surface area contributed by atoms with Gasteiger partial charge in [0.25, 0.3) is 0 Å². The Morgan fingerprint density at radius 1 is 1.07 bits per heavy atom. The summed E-state index contributed by atoms with van der Waals surface area (Å²) in [5.41, 5.74) is 5.48. The van der Waals surface area contributed by atoms with Crippen molar-refractivity contribution in [3.8, 4) is 0 Å². The highest BCUT2D eigenvalue weighted by Crippen LogP contribution is 2.40. The zero-order valence-electron chi connectivity index (χ0n) is 18.7. The molecule has 4 unspecified atom stereocenters. The highest BCUT2D eigenvalue weighted by Gasteiger charge is 2.39. The first-order chi connectivity index (χ1) is 14.2. The van der Waals surface area contributed by atoms with E-state index in [0.29, 0.717) is 6.42 Å². The summed E-state index contributed by atoms with van der Waals surface area (Å²) in [6.45, 7) is 5.96. The Bertz CT molecular complexity index is 557. The summed E-state index contributed by atoms with van der Waals surface area (Å²) < 4.78 is 11.8. The number of aliphatic hydroxyl groups is 1. The average Bonchev–Trinajstić information content (AvgIpc) is 2.75. The number of nitrogens with one attached hydrogen (secondary N) is 2. The Kier molecular flexibility index (Phi) is 12.6. The van der Waals surface area contributed by atoms with Crippen molar-refractivity contribution in [1.82, 2.24) is 10.6 Å². The molecule has 9 heteroatoms. The molecule has 174 valence electrons. The Morgan fingerprint density at radius 3 is 2.20 bits per heavy atom. The van der Waals surface area contributed by atoms with E-state index in [9.17, 15) is 24.2 Å². The molecule has 0 aromatic rings. The number of carbonyl (C=O) groups is 2. The molecule has 6 N–H and O–H groups in total. The molecule has 1 aliphatic rings. The predicted octanol–water partition coefficient (Wildman–Crippen LogP) is 2.05. The summed E-state index contributed by atoms with van der Waals surface area (Å²) >= 11 is 0. The minimum Gasteiger partial charge on any atom is -0.391 e. The van der Waals surface area contributed by atoms with Crippen molar-refractivity contribution in [1.29, 1.82) is 0 Å². The van der Waals surface area contributed by atoms with Crippen LogP contribution in [0.1, 0.15) is 72.1 Å². The van der Waals surface area contributed by atoms with E-state index in [0.717, 1.165) is 38.5 Å². The number of amides is 2. The second-order valence-corrected chi connectivity index (χ2v) is 9.93. The fourth-order valence-corrected chi connectivity index (χ4v) is 5.07. The maximum absolute atomic E-state index is 12.5. The molecule has 0 bridgehead atoms. The van der Waals surface area contributed by atoms with E-state index in [4.69, 9.17) is 5.73 Å². The molecule has 8 nitrogen and oxygen atoms in total. The summed E-state index contributed by atoms with van der Waals surface area (Å²) in [5.74, 6) is -0.724. The summed E-state index contributed by atoms with van der Waals surface area (Å²) in [7, 11) is -2.37. The first-order valence-electron chi connectivity index (χ1n) is 11.3. The lowest BCUT2D eigenvalue weighted by Crippen LogP contribution is -2.48. The van der Waals surface area contributed by atoms with Gasteiger partial charge in [0.2, 0.25) is 11.8 Å². The van der Waals surface area contributed by atoms with Crippen LogP contribution < -0.4 is 16.4 Å². The average molecular weight is 447 g/mol. The second kappa shape index (κ2) is 14.1. The molecule has 1 saturated carbocycles. The zero-order valence-corrected chi connectivity index (χ0v) is 19.6. The second-order valence-electron chi connectivity index (χ2n) is 8.66. The molecular formula is C21H41N3O5P+. The molecule has 0 aliphatic heterocycles. The topological polar surface area (TPSA) is 142 Å². The summed E-state index contributed by atoms with van der Waals surface area (Å²) in [4.78, 5) is 34.3. The molecule has 0 radical (unpaired) electrons. The number of hydrogen-bond donors (Lipinski definition) is 5. The van der Waals surface area contributed by atoms with E-state index in [1.165, 1.54) is 0 Å². The van der Waals surface area contributed by atoms with Crippen LogP contribution >= 0.6 is 8.03 Å². The van der Waals surface area contributed by atoms with Gasteiger partial charge in [-0.25, -0.2) is 0 Å². The standard InChI is InChI=1S/C21H40N3O5P/c1-4-14(3)19(22)21(27)23-12-15(5-2)20(26)24-13-17(25)11-18(30(28)29)16-9-7-6-8-10-16/h14-19,25H,4-13,22H2,1-3H3,(H2-,23,24,26,27,28,29)/p+1/t14?,15-,17+,18?,19?/m0/s1. The van der Waals surface area contributed by atoms with Crippen LogP contribution in [0.2, 0.25) is 0 Å². The fourth-order valence-electron chi connectivity index (χ4n) is 3.98. The van der Waals surface area contributed by atoms with Crippen LogP contribution in [-0.4, -0.2) is 52.7 Å². The molecule has 1 fully saturated rings. The maximum atomic E-state index is 12.5. The minimum absolute atomic E-state index is 0.0298. The third kappa shape index (κ3) is 8.96. The quantitative estimate of drug-likeness (QED) is 0.274. The van der Waals surface area contributed by atoms with E-state index >= 15 is 0 Å².